The van der Waals surface area contributed by atoms with E-state index in [1.54, 1.807) is 25.1 Å². The van der Waals surface area contributed by atoms with Crippen molar-refractivity contribution in [3.8, 4) is 0 Å². The molecule has 1 aromatic carbocycles. The summed E-state index contributed by atoms with van der Waals surface area (Å²) >= 11 is 0. The van der Waals surface area contributed by atoms with Crippen LogP contribution in [-0.4, -0.2) is 30.6 Å². The standard InChI is InChI=1S/C17H19FN4O2/c1-10-14(19)4-5-15(21-10)17(23)22-11-2-3-12(13(18)8-11)16-9-20-6-7-24-16/h2-5,8,16,20H,6-7,9,19H2,1H3,(H,22,23)/t16-/m1/s1. The van der Waals surface area contributed by atoms with Crippen LogP contribution < -0.4 is 16.4 Å². The minimum Gasteiger partial charge on any atom is -0.397 e. The van der Waals surface area contributed by atoms with Crippen LogP contribution in [0.25, 0.3) is 0 Å². The Labute approximate surface area is 139 Å². The molecular formula is C17H19FN4O2. The summed E-state index contributed by atoms with van der Waals surface area (Å²) in [4.78, 5) is 16.3. The summed E-state index contributed by atoms with van der Waals surface area (Å²) in [6.45, 7) is 3.60. The number of carbonyl (C=O) groups is 1. The van der Waals surface area contributed by atoms with Gasteiger partial charge in [0.15, 0.2) is 0 Å². The van der Waals surface area contributed by atoms with Crippen LogP contribution in [0.3, 0.4) is 0 Å². The number of amides is 1. The highest BCUT2D eigenvalue weighted by molar-refractivity contribution is 6.03. The number of benzene rings is 1. The molecule has 7 heteroatoms. The van der Waals surface area contributed by atoms with Gasteiger partial charge in [-0.15, -0.1) is 0 Å². The Bertz CT molecular complexity index is 760. The average molecular weight is 330 g/mol. The maximum absolute atomic E-state index is 14.3. The van der Waals surface area contributed by atoms with Crippen LogP contribution in [0.15, 0.2) is 30.3 Å². The average Bonchev–Trinajstić information content (AvgIpc) is 2.58. The number of aryl methyl sites for hydroxylation is 1. The second-order valence-electron chi connectivity index (χ2n) is 5.63. The van der Waals surface area contributed by atoms with Crippen molar-refractivity contribution in [1.82, 2.24) is 10.3 Å². The molecule has 1 fully saturated rings. The Balaban J connectivity index is 1.74. The predicted molar refractivity (Wildman–Crippen MR) is 89.3 cm³/mol. The molecule has 0 saturated carbocycles. The molecule has 1 atom stereocenters. The van der Waals surface area contributed by atoms with E-state index in [2.05, 4.69) is 15.6 Å². The number of ether oxygens (including phenoxy) is 1. The minimum atomic E-state index is -0.416. The summed E-state index contributed by atoms with van der Waals surface area (Å²) in [5.74, 6) is -0.830. The molecule has 1 aromatic heterocycles. The molecular weight excluding hydrogens is 311 g/mol. The van der Waals surface area contributed by atoms with Crippen molar-refractivity contribution in [2.45, 2.75) is 13.0 Å². The molecule has 1 saturated heterocycles. The molecule has 6 nitrogen and oxygen atoms in total. The highest BCUT2D eigenvalue weighted by Crippen LogP contribution is 2.24. The van der Waals surface area contributed by atoms with Gasteiger partial charge < -0.3 is 21.1 Å². The second-order valence-corrected chi connectivity index (χ2v) is 5.63. The van der Waals surface area contributed by atoms with E-state index in [9.17, 15) is 9.18 Å². The minimum absolute atomic E-state index is 0.228. The number of nitrogens with one attached hydrogen (secondary N) is 2. The third-order valence-corrected chi connectivity index (χ3v) is 3.89. The van der Waals surface area contributed by atoms with Crippen LogP contribution in [0.2, 0.25) is 0 Å². The van der Waals surface area contributed by atoms with Crippen molar-refractivity contribution >= 4 is 17.3 Å². The van der Waals surface area contributed by atoms with Gasteiger partial charge in [0.25, 0.3) is 5.91 Å². The van der Waals surface area contributed by atoms with Gasteiger partial charge >= 0.3 is 0 Å². The lowest BCUT2D eigenvalue weighted by atomic mass is 10.1. The Morgan fingerprint density at radius 1 is 1.42 bits per heavy atom. The molecule has 3 rings (SSSR count). The number of nitrogen functional groups attached to an aromatic ring is 1. The number of anilines is 2. The van der Waals surface area contributed by atoms with Gasteiger partial charge in [0.05, 0.1) is 24.1 Å². The molecule has 2 heterocycles. The summed E-state index contributed by atoms with van der Waals surface area (Å²) in [5.41, 5.74) is 7.84. The first-order chi connectivity index (χ1) is 11.5. The first kappa shape index (κ1) is 16.4. The fourth-order valence-corrected chi connectivity index (χ4v) is 2.52. The fraction of sp³-hybridized carbons (Fsp3) is 0.294. The number of rotatable bonds is 3. The van der Waals surface area contributed by atoms with Crippen LogP contribution in [-0.2, 0) is 4.74 Å². The number of hydrogen-bond acceptors (Lipinski definition) is 5. The van der Waals surface area contributed by atoms with Crippen LogP contribution >= 0.6 is 0 Å². The van der Waals surface area contributed by atoms with Gasteiger partial charge in [0, 0.05) is 24.3 Å². The van der Waals surface area contributed by atoms with E-state index in [1.165, 1.54) is 12.1 Å². The van der Waals surface area contributed by atoms with E-state index < -0.39 is 11.7 Å². The molecule has 1 aliphatic rings. The van der Waals surface area contributed by atoms with Gasteiger partial charge in [0.1, 0.15) is 11.5 Å². The van der Waals surface area contributed by atoms with E-state index in [-0.39, 0.29) is 11.8 Å². The van der Waals surface area contributed by atoms with Crippen LogP contribution in [0.1, 0.15) is 27.8 Å². The molecule has 0 bridgehead atoms. The smallest absolute Gasteiger partial charge is 0.274 e. The van der Waals surface area contributed by atoms with Crippen LogP contribution in [0.4, 0.5) is 15.8 Å². The molecule has 1 aliphatic heterocycles. The van der Waals surface area contributed by atoms with E-state index >= 15 is 0 Å². The van der Waals surface area contributed by atoms with E-state index in [4.69, 9.17) is 10.5 Å². The highest BCUT2D eigenvalue weighted by Gasteiger charge is 2.20. The number of aromatic nitrogens is 1. The SMILES string of the molecule is Cc1nc(C(=O)Nc2ccc([C@H]3CNCCO3)c(F)c2)ccc1N. The van der Waals surface area contributed by atoms with Crippen LogP contribution in [0, 0.1) is 12.7 Å². The van der Waals surface area contributed by atoms with Crippen molar-refractivity contribution in [3.05, 3.63) is 53.1 Å². The normalized spacial score (nSPS) is 17.5. The van der Waals surface area contributed by atoms with Gasteiger partial charge in [-0.1, -0.05) is 6.07 Å². The van der Waals surface area contributed by atoms with Gasteiger partial charge in [-0.2, -0.15) is 0 Å². The number of hydrogen-bond donors (Lipinski definition) is 3. The third-order valence-electron chi connectivity index (χ3n) is 3.89. The zero-order valence-corrected chi connectivity index (χ0v) is 13.3. The molecule has 4 N–H and O–H groups in total. The predicted octanol–water partition coefficient (Wildman–Crippen LogP) is 2.02. The molecule has 126 valence electrons. The lowest BCUT2D eigenvalue weighted by molar-refractivity contribution is 0.0255. The second kappa shape index (κ2) is 6.94. The summed E-state index contributed by atoms with van der Waals surface area (Å²) < 4.78 is 19.9. The largest absolute Gasteiger partial charge is 0.397 e. The monoisotopic (exact) mass is 330 g/mol. The maximum Gasteiger partial charge on any atom is 0.274 e. The molecule has 0 spiro atoms. The number of nitrogens with zero attached hydrogens (tertiary/aromatic N) is 1. The number of halogens is 1. The molecule has 0 aliphatic carbocycles. The highest BCUT2D eigenvalue weighted by atomic mass is 19.1. The topological polar surface area (TPSA) is 89.3 Å². The lowest BCUT2D eigenvalue weighted by Gasteiger charge is -2.24. The van der Waals surface area contributed by atoms with Crippen molar-refractivity contribution < 1.29 is 13.9 Å². The van der Waals surface area contributed by atoms with Gasteiger partial charge in [0.2, 0.25) is 0 Å². The molecule has 0 unspecified atom stereocenters. The Morgan fingerprint density at radius 3 is 2.92 bits per heavy atom. The quantitative estimate of drug-likeness (QED) is 0.801. The number of pyridine rings is 1. The third kappa shape index (κ3) is 3.52. The van der Waals surface area contributed by atoms with Crippen molar-refractivity contribution in [2.24, 2.45) is 0 Å². The fourth-order valence-electron chi connectivity index (χ4n) is 2.52. The van der Waals surface area contributed by atoms with Crippen LogP contribution in [0.5, 0.6) is 0 Å². The molecule has 0 radical (unpaired) electrons. The zero-order chi connectivity index (χ0) is 17.1. The van der Waals surface area contributed by atoms with E-state index in [0.29, 0.717) is 35.8 Å². The van der Waals surface area contributed by atoms with Gasteiger partial charge in [-0.25, -0.2) is 9.37 Å². The summed E-state index contributed by atoms with van der Waals surface area (Å²) in [6.07, 6.45) is -0.315. The summed E-state index contributed by atoms with van der Waals surface area (Å²) in [6, 6.07) is 7.72. The van der Waals surface area contributed by atoms with Crippen molar-refractivity contribution in [2.75, 3.05) is 30.7 Å². The molecule has 1 amide bonds. The lowest BCUT2D eigenvalue weighted by Crippen LogP contribution is -2.33. The maximum atomic E-state index is 14.3. The first-order valence-electron chi connectivity index (χ1n) is 7.71. The van der Waals surface area contributed by atoms with Gasteiger partial charge in [-0.05, 0) is 31.2 Å². The molecule has 24 heavy (non-hydrogen) atoms. The van der Waals surface area contributed by atoms with E-state index in [1.807, 2.05) is 0 Å². The van der Waals surface area contributed by atoms with Crippen molar-refractivity contribution in [3.63, 3.8) is 0 Å². The van der Waals surface area contributed by atoms with Crippen molar-refractivity contribution in [1.29, 1.82) is 0 Å². The van der Waals surface area contributed by atoms with E-state index in [0.717, 1.165) is 6.54 Å². The number of nitrogens with two attached hydrogens (primary N) is 1. The Kier molecular flexibility index (Phi) is 4.73. The Morgan fingerprint density at radius 2 is 2.25 bits per heavy atom. The number of carbonyl (C=O) groups excluding carboxylic acids is 1. The first-order valence-corrected chi connectivity index (χ1v) is 7.71. The zero-order valence-electron chi connectivity index (χ0n) is 13.3. The van der Waals surface area contributed by atoms with Gasteiger partial charge in [-0.3, -0.25) is 4.79 Å². The Hall–Kier alpha value is -2.51. The number of morpholine rings is 1. The summed E-state index contributed by atoms with van der Waals surface area (Å²) in [7, 11) is 0. The molecule has 2 aromatic rings. The summed E-state index contributed by atoms with van der Waals surface area (Å²) in [5, 5.41) is 5.80.